The Morgan fingerprint density at radius 3 is 2.58 bits per heavy atom. The molecule has 0 radical (unpaired) electrons. The Labute approximate surface area is 206 Å². The van der Waals surface area contributed by atoms with Gasteiger partial charge in [-0.1, -0.05) is 30.3 Å². The van der Waals surface area contributed by atoms with E-state index in [2.05, 4.69) is 5.32 Å². The first kappa shape index (κ1) is 25.3. The molecule has 1 aliphatic rings. The number of amides is 1. The van der Waals surface area contributed by atoms with E-state index in [1.165, 1.54) is 16.7 Å². The summed E-state index contributed by atoms with van der Waals surface area (Å²) >= 11 is 0. The Hall–Kier alpha value is -3.79. The SMILES string of the molecule is CC1[C@H](C(=O)O)[C@H](NC(=O)OCc2ccccc2)CCN1CCn1c(=O)ccc2c(F)cc(F)cc21. The van der Waals surface area contributed by atoms with Crippen molar-refractivity contribution in [3.63, 3.8) is 0 Å². The van der Waals surface area contributed by atoms with Crippen LogP contribution in [0.3, 0.4) is 0 Å². The predicted octanol–water partition coefficient (Wildman–Crippen LogP) is 3.37. The number of carboxylic acids is 1. The number of fused-ring (bicyclic) bond motifs is 1. The zero-order chi connectivity index (χ0) is 25.8. The maximum atomic E-state index is 14.2. The van der Waals surface area contributed by atoms with Crippen LogP contribution in [0.5, 0.6) is 0 Å². The van der Waals surface area contributed by atoms with Crippen LogP contribution in [0.2, 0.25) is 0 Å². The summed E-state index contributed by atoms with van der Waals surface area (Å²) in [6.07, 6.45) is -0.336. The van der Waals surface area contributed by atoms with Crippen LogP contribution in [-0.4, -0.2) is 51.8 Å². The molecule has 0 aliphatic carbocycles. The molecule has 0 saturated carbocycles. The molecule has 1 unspecified atom stereocenters. The topological polar surface area (TPSA) is 101 Å². The summed E-state index contributed by atoms with van der Waals surface area (Å²) in [4.78, 5) is 38.8. The first-order chi connectivity index (χ1) is 17.2. The highest BCUT2D eigenvalue weighted by atomic mass is 19.1. The van der Waals surface area contributed by atoms with Crippen molar-refractivity contribution in [2.24, 2.45) is 5.92 Å². The number of nitrogens with zero attached hydrogens (tertiary/aromatic N) is 2. The third-order valence-electron chi connectivity index (χ3n) is 6.69. The van der Waals surface area contributed by atoms with Gasteiger partial charge in [-0.05, 0) is 31.0 Å². The fourth-order valence-corrected chi connectivity index (χ4v) is 4.81. The molecular formula is C26H27F2N3O5. The standard InChI is InChI=1S/C26H27F2N3O5/c1-16-24(25(33)34)21(29-26(35)36-15-17-5-3-2-4-6-17)9-10-30(16)11-12-31-22-14-18(27)13-20(28)19(22)7-8-23(31)32/h2-8,13-14,16,21,24H,9-12,15H2,1H3,(H,29,35)(H,33,34)/t16?,21-,24+/m1/s1. The van der Waals surface area contributed by atoms with Crippen molar-refractivity contribution >= 4 is 23.0 Å². The molecule has 8 nitrogen and oxygen atoms in total. The quantitative estimate of drug-likeness (QED) is 0.517. The maximum Gasteiger partial charge on any atom is 0.407 e. The third kappa shape index (κ3) is 5.54. The van der Waals surface area contributed by atoms with Crippen molar-refractivity contribution in [3.05, 3.63) is 82.1 Å². The Kier molecular flexibility index (Phi) is 7.64. The molecule has 0 bridgehead atoms. The maximum absolute atomic E-state index is 14.2. The van der Waals surface area contributed by atoms with Gasteiger partial charge >= 0.3 is 12.1 Å². The average molecular weight is 500 g/mol. The molecule has 2 aromatic carbocycles. The first-order valence-electron chi connectivity index (χ1n) is 11.7. The molecule has 1 saturated heterocycles. The molecule has 10 heteroatoms. The van der Waals surface area contributed by atoms with E-state index in [0.29, 0.717) is 13.0 Å². The number of nitrogens with one attached hydrogen (secondary N) is 1. The van der Waals surface area contributed by atoms with Crippen LogP contribution in [0.15, 0.2) is 59.4 Å². The van der Waals surface area contributed by atoms with Gasteiger partial charge in [0.25, 0.3) is 5.56 Å². The van der Waals surface area contributed by atoms with Crippen molar-refractivity contribution in [2.75, 3.05) is 13.1 Å². The van der Waals surface area contributed by atoms with E-state index < -0.39 is 47.3 Å². The van der Waals surface area contributed by atoms with Gasteiger partial charge in [-0.3, -0.25) is 14.5 Å². The number of hydrogen-bond acceptors (Lipinski definition) is 5. The van der Waals surface area contributed by atoms with Crippen molar-refractivity contribution in [3.8, 4) is 0 Å². The lowest BCUT2D eigenvalue weighted by molar-refractivity contribution is -0.147. The minimum atomic E-state index is -1.06. The third-order valence-corrected chi connectivity index (χ3v) is 6.69. The number of carbonyl (C=O) groups is 2. The van der Waals surface area contributed by atoms with Gasteiger partial charge in [0.15, 0.2) is 0 Å². The molecule has 2 N–H and O–H groups in total. The zero-order valence-corrected chi connectivity index (χ0v) is 19.7. The van der Waals surface area contributed by atoms with Crippen LogP contribution in [0, 0.1) is 17.6 Å². The van der Waals surface area contributed by atoms with Gasteiger partial charge in [-0.25, -0.2) is 13.6 Å². The van der Waals surface area contributed by atoms with Gasteiger partial charge in [0, 0.05) is 49.2 Å². The molecule has 1 aromatic heterocycles. The smallest absolute Gasteiger partial charge is 0.407 e. The fraction of sp³-hybridized carbons (Fsp3) is 0.346. The van der Waals surface area contributed by atoms with Crippen molar-refractivity contribution in [1.82, 2.24) is 14.8 Å². The molecule has 190 valence electrons. The number of aliphatic carboxylic acids is 1. The monoisotopic (exact) mass is 499 g/mol. The van der Waals surface area contributed by atoms with Gasteiger partial charge in [-0.15, -0.1) is 0 Å². The highest BCUT2D eigenvalue weighted by Crippen LogP contribution is 2.25. The number of likely N-dealkylation sites (tertiary alicyclic amines) is 1. The van der Waals surface area contributed by atoms with Gasteiger partial charge < -0.3 is 19.7 Å². The zero-order valence-electron chi connectivity index (χ0n) is 19.7. The molecule has 2 heterocycles. The first-order valence-corrected chi connectivity index (χ1v) is 11.7. The van der Waals surface area contributed by atoms with Crippen molar-refractivity contribution < 1.29 is 28.2 Å². The van der Waals surface area contributed by atoms with E-state index in [9.17, 15) is 28.3 Å². The summed E-state index contributed by atoms with van der Waals surface area (Å²) in [5.41, 5.74) is 0.543. The van der Waals surface area contributed by atoms with Crippen LogP contribution in [-0.2, 0) is 22.7 Å². The van der Waals surface area contributed by atoms with E-state index in [-0.39, 0.29) is 30.6 Å². The molecular weight excluding hydrogens is 472 g/mol. The number of benzene rings is 2. The van der Waals surface area contributed by atoms with Gasteiger partial charge in [0.2, 0.25) is 0 Å². The number of hydrogen-bond donors (Lipinski definition) is 2. The number of piperidine rings is 1. The Morgan fingerprint density at radius 1 is 1.11 bits per heavy atom. The Bertz CT molecular complexity index is 1310. The highest BCUT2D eigenvalue weighted by molar-refractivity contribution is 5.79. The number of aromatic nitrogens is 1. The molecule has 36 heavy (non-hydrogen) atoms. The Balaban J connectivity index is 1.43. The molecule has 1 fully saturated rings. The molecule has 3 aromatic rings. The van der Waals surface area contributed by atoms with E-state index in [1.807, 2.05) is 35.2 Å². The number of carboxylic acid groups (broad SMARTS) is 1. The lowest BCUT2D eigenvalue weighted by Gasteiger charge is -2.42. The molecule has 1 aliphatic heterocycles. The summed E-state index contributed by atoms with van der Waals surface area (Å²) in [6, 6.07) is 12.4. The number of ether oxygens (including phenoxy) is 1. The summed E-state index contributed by atoms with van der Waals surface area (Å²) < 4.78 is 34.5. The van der Waals surface area contributed by atoms with Crippen LogP contribution in [0.1, 0.15) is 18.9 Å². The lowest BCUT2D eigenvalue weighted by Crippen LogP contribution is -2.58. The molecule has 1 amide bonds. The van der Waals surface area contributed by atoms with E-state index in [4.69, 9.17) is 4.74 Å². The minimum Gasteiger partial charge on any atom is -0.481 e. The summed E-state index contributed by atoms with van der Waals surface area (Å²) in [6.45, 7) is 2.67. The minimum absolute atomic E-state index is 0.0692. The van der Waals surface area contributed by atoms with E-state index >= 15 is 0 Å². The van der Waals surface area contributed by atoms with Crippen molar-refractivity contribution in [2.45, 2.75) is 38.6 Å². The van der Waals surface area contributed by atoms with E-state index in [1.54, 1.807) is 6.92 Å². The second kappa shape index (κ2) is 10.9. The average Bonchev–Trinajstić information content (AvgIpc) is 2.83. The molecule has 4 rings (SSSR count). The fourth-order valence-electron chi connectivity index (χ4n) is 4.81. The largest absolute Gasteiger partial charge is 0.481 e. The second-order valence-electron chi connectivity index (χ2n) is 8.89. The number of rotatable bonds is 7. The van der Waals surface area contributed by atoms with Crippen LogP contribution in [0.25, 0.3) is 10.9 Å². The number of carbonyl (C=O) groups excluding carboxylic acids is 1. The Morgan fingerprint density at radius 2 is 1.86 bits per heavy atom. The number of halogens is 2. The van der Waals surface area contributed by atoms with Crippen LogP contribution in [0.4, 0.5) is 13.6 Å². The number of alkyl carbamates (subject to hydrolysis) is 1. The second-order valence-corrected chi connectivity index (χ2v) is 8.89. The summed E-state index contributed by atoms with van der Waals surface area (Å²) in [7, 11) is 0. The molecule has 3 atom stereocenters. The normalized spacial score (nSPS) is 20.2. The molecule has 0 spiro atoms. The van der Waals surface area contributed by atoms with Crippen molar-refractivity contribution in [1.29, 1.82) is 0 Å². The highest BCUT2D eigenvalue weighted by Gasteiger charge is 2.41. The van der Waals surface area contributed by atoms with Crippen LogP contribution < -0.4 is 10.9 Å². The predicted molar refractivity (Wildman–Crippen MR) is 128 cm³/mol. The summed E-state index contributed by atoms with van der Waals surface area (Å²) in [5.74, 6) is -3.53. The lowest BCUT2D eigenvalue weighted by atomic mass is 9.85. The van der Waals surface area contributed by atoms with Gasteiger partial charge in [0.05, 0.1) is 11.4 Å². The van der Waals surface area contributed by atoms with Gasteiger partial charge in [0.1, 0.15) is 18.2 Å². The van der Waals surface area contributed by atoms with E-state index in [0.717, 1.165) is 17.7 Å². The van der Waals surface area contributed by atoms with Crippen LogP contribution >= 0.6 is 0 Å². The number of pyridine rings is 1. The summed E-state index contributed by atoms with van der Waals surface area (Å²) in [5, 5.41) is 12.7. The van der Waals surface area contributed by atoms with Gasteiger partial charge in [-0.2, -0.15) is 0 Å².